The monoisotopic (exact) mass is 467 g/mol. The molecule has 0 aliphatic heterocycles. The lowest BCUT2D eigenvalue weighted by atomic mass is 9.97. The molecule has 0 unspecified atom stereocenters. The topological polar surface area (TPSA) is 72.7 Å². The van der Waals surface area contributed by atoms with Crippen LogP contribution in [0.2, 0.25) is 5.02 Å². The first-order valence-electron chi connectivity index (χ1n) is 10.9. The first-order chi connectivity index (χ1) is 15.6. The fraction of sp³-hybridized carbons (Fsp3) is 0.333. The van der Waals surface area contributed by atoms with Crippen LogP contribution in [-0.2, 0) is 4.79 Å². The van der Waals surface area contributed by atoms with Gasteiger partial charge in [0.1, 0.15) is 0 Å². The minimum absolute atomic E-state index is 0.00234. The Bertz CT molecular complexity index is 1080. The number of carbonyl (C=O) groups excluding carboxylic acids is 1. The van der Waals surface area contributed by atoms with Gasteiger partial charge in [0, 0.05) is 35.2 Å². The number of allylic oxidation sites excluding steroid dienone is 1. The molecular weight excluding hydrogens is 442 g/mol. The Morgan fingerprint density at radius 3 is 2.66 bits per heavy atom. The molecule has 8 heteroatoms. The highest BCUT2D eigenvalue weighted by atomic mass is 35.5. The highest BCUT2D eigenvalue weighted by Gasteiger charge is 2.22. The molecule has 3 aromatic rings. The van der Waals surface area contributed by atoms with Crippen molar-refractivity contribution >= 4 is 29.3 Å². The number of rotatable bonds is 8. The van der Waals surface area contributed by atoms with Gasteiger partial charge >= 0.3 is 0 Å². The summed E-state index contributed by atoms with van der Waals surface area (Å²) in [6.07, 6.45) is 11.5. The number of amides is 1. The van der Waals surface area contributed by atoms with E-state index in [-0.39, 0.29) is 11.2 Å². The molecule has 0 saturated heterocycles. The van der Waals surface area contributed by atoms with Crippen LogP contribution in [0.4, 0.5) is 0 Å². The molecule has 166 valence electrons. The van der Waals surface area contributed by atoms with Gasteiger partial charge in [0.25, 0.3) is 0 Å². The molecule has 0 spiro atoms. The molecule has 4 rings (SSSR count). The number of halogens is 1. The zero-order valence-electron chi connectivity index (χ0n) is 18.0. The zero-order valence-corrected chi connectivity index (χ0v) is 19.6. The van der Waals surface area contributed by atoms with Gasteiger partial charge in [-0.3, -0.25) is 14.3 Å². The Hall–Kier alpha value is -2.64. The fourth-order valence-corrected chi connectivity index (χ4v) is 4.71. The summed E-state index contributed by atoms with van der Waals surface area (Å²) in [5.74, 6) is 0.691. The molecule has 2 aromatic heterocycles. The van der Waals surface area contributed by atoms with Gasteiger partial charge in [-0.2, -0.15) is 0 Å². The van der Waals surface area contributed by atoms with E-state index in [4.69, 9.17) is 11.6 Å². The minimum Gasteiger partial charge on any atom is -0.355 e. The number of thioether (sulfide) groups is 1. The van der Waals surface area contributed by atoms with Gasteiger partial charge in [-0.1, -0.05) is 35.0 Å². The standard InChI is InChI=1S/C24H26ClN5OS/c1-17(23(31)27-16-11-18-5-3-2-4-6-18)32-24-29-28-22(19-12-14-26-15-13-19)30(24)21-9-7-20(25)8-10-21/h5,7-10,12-15,17H,2-4,6,11,16H2,1H3,(H,27,31)/t17-/m1/s1. The van der Waals surface area contributed by atoms with E-state index in [0.717, 1.165) is 30.5 Å². The molecular formula is C24H26ClN5OS. The maximum absolute atomic E-state index is 12.7. The number of pyridine rings is 1. The summed E-state index contributed by atoms with van der Waals surface area (Å²) >= 11 is 7.48. The zero-order chi connectivity index (χ0) is 22.3. The van der Waals surface area contributed by atoms with E-state index in [0.29, 0.717) is 22.5 Å². The van der Waals surface area contributed by atoms with Crippen molar-refractivity contribution in [3.05, 3.63) is 65.5 Å². The SMILES string of the molecule is C[C@@H](Sc1nnc(-c2ccncc2)n1-c1ccc(Cl)cc1)C(=O)NCCC1=CCCCC1. The van der Waals surface area contributed by atoms with Gasteiger partial charge in [-0.25, -0.2) is 0 Å². The van der Waals surface area contributed by atoms with Crippen molar-refractivity contribution in [1.82, 2.24) is 25.1 Å². The summed E-state index contributed by atoms with van der Waals surface area (Å²) in [6, 6.07) is 11.3. The van der Waals surface area contributed by atoms with Crippen LogP contribution in [0.5, 0.6) is 0 Å². The number of carbonyl (C=O) groups is 1. The van der Waals surface area contributed by atoms with Crippen LogP contribution in [0.3, 0.4) is 0 Å². The van der Waals surface area contributed by atoms with E-state index >= 15 is 0 Å². The molecule has 1 amide bonds. The van der Waals surface area contributed by atoms with Crippen LogP contribution in [0.25, 0.3) is 17.1 Å². The second-order valence-corrected chi connectivity index (χ2v) is 9.51. The first kappa shape index (κ1) is 22.6. The minimum atomic E-state index is -0.309. The summed E-state index contributed by atoms with van der Waals surface area (Å²) in [5, 5.41) is 12.9. The van der Waals surface area contributed by atoms with Crippen molar-refractivity contribution in [1.29, 1.82) is 0 Å². The van der Waals surface area contributed by atoms with Gasteiger partial charge in [0.15, 0.2) is 11.0 Å². The van der Waals surface area contributed by atoms with E-state index in [1.54, 1.807) is 12.4 Å². The highest BCUT2D eigenvalue weighted by molar-refractivity contribution is 8.00. The summed E-state index contributed by atoms with van der Waals surface area (Å²) in [6.45, 7) is 2.56. The molecule has 32 heavy (non-hydrogen) atoms. The number of benzene rings is 1. The molecule has 1 aliphatic carbocycles. The quantitative estimate of drug-likeness (QED) is 0.351. The second kappa shape index (κ2) is 10.8. The van der Waals surface area contributed by atoms with Crippen molar-refractivity contribution in [2.75, 3.05) is 6.54 Å². The lowest BCUT2D eigenvalue weighted by Gasteiger charge is -2.15. The summed E-state index contributed by atoms with van der Waals surface area (Å²) in [4.78, 5) is 16.8. The van der Waals surface area contributed by atoms with Crippen LogP contribution in [-0.4, -0.2) is 37.5 Å². The number of hydrogen-bond acceptors (Lipinski definition) is 5. The first-order valence-corrected chi connectivity index (χ1v) is 12.1. The molecule has 1 N–H and O–H groups in total. The summed E-state index contributed by atoms with van der Waals surface area (Å²) < 4.78 is 1.95. The molecule has 0 fully saturated rings. The van der Waals surface area contributed by atoms with E-state index < -0.39 is 0 Å². The van der Waals surface area contributed by atoms with Crippen LogP contribution >= 0.6 is 23.4 Å². The van der Waals surface area contributed by atoms with Crippen molar-refractivity contribution in [3.8, 4) is 17.1 Å². The molecule has 1 atom stereocenters. The molecule has 6 nitrogen and oxygen atoms in total. The lowest BCUT2D eigenvalue weighted by Crippen LogP contribution is -2.32. The van der Waals surface area contributed by atoms with E-state index in [1.165, 1.54) is 30.2 Å². The maximum atomic E-state index is 12.7. The Morgan fingerprint density at radius 2 is 1.94 bits per heavy atom. The smallest absolute Gasteiger partial charge is 0.233 e. The normalized spacial score (nSPS) is 14.6. The summed E-state index contributed by atoms with van der Waals surface area (Å²) in [5.41, 5.74) is 3.24. The van der Waals surface area contributed by atoms with E-state index in [1.807, 2.05) is 47.9 Å². The molecule has 0 bridgehead atoms. The largest absolute Gasteiger partial charge is 0.355 e. The Balaban J connectivity index is 1.50. The average molecular weight is 468 g/mol. The molecule has 0 saturated carbocycles. The number of nitrogens with one attached hydrogen (secondary N) is 1. The average Bonchev–Trinajstić information content (AvgIpc) is 3.24. The van der Waals surface area contributed by atoms with Crippen LogP contribution < -0.4 is 5.32 Å². The summed E-state index contributed by atoms with van der Waals surface area (Å²) in [7, 11) is 0. The van der Waals surface area contributed by atoms with Crippen molar-refractivity contribution in [3.63, 3.8) is 0 Å². The van der Waals surface area contributed by atoms with E-state index in [9.17, 15) is 4.79 Å². The van der Waals surface area contributed by atoms with Crippen molar-refractivity contribution in [2.24, 2.45) is 0 Å². The fourth-order valence-electron chi connectivity index (χ4n) is 3.69. The second-order valence-electron chi connectivity index (χ2n) is 7.76. The van der Waals surface area contributed by atoms with Gasteiger partial charge in [-0.15, -0.1) is 10.2 Å². The van der Waals surface area contributed by atoms with Gasteiger partial charge in [-0.05, 0) is 75.4 Å². The lowest BCUT2D eigenvalue weighted by molar-refractivity contribution is -0.120. The van der Waals surface area contributed by atoms with Gasteiger partial charge in [0.2, 0.25) is 5.91 Å². The molecule has 2 heterocycles. The third-order valence-electron chi connectivity index (χ3n) is 5.44. The molecule has 1 aliphatic rings. The highest BCUT2D eigenvalue weighted by Crippen LogP contribution is 2.30. The van der Waals surface area contributed by atoms with Gasteiger partial charge in [0.05, 0.1) is 5.25 Å². The molecule has 1 aromatic carbocycles. The van der Waals surface area contributed by atoms with Gasteiger partial charge < -0.3 is 5.32 Å². The number of hydrogen-bond donors (Lipinski definition) is 1. The molecule has 0 radical (unpaired) electrons. The van der Waals surface area contributed by atoms with Crippen LogP contribution in [0.15, 0.2) is 65.6 Å². The number of nitrogens with zero attached hydrogens (tertiary/aromatic N) is 4. The van der Waals surface area contributed by atoms with Crippen molar-refractivity contribution < 1.29 is 4.79 Å². The Labute approximate surface area is 197 Å². The number of aromatic nitrogens is 4. The van der Waals surface area contributed by atoms with E-state index in [2.05, 4.69) is 26.6 Å². The maximum Gasteiger partial charge on any atom is 0.233 e. The predicted octanol–water partition coefficient (Wildman–Crippen LogP) is 5.47. The third-order valence-corrected chi connectivity index (χ3v) is 6.73. The Morgan fingerprint density at radius 1 is 1.16 bits per heavy atom. The van der Waals surface area contributed by atoms with Crippen LogP contribution in [0, 0.1) is 0 Å². The van der Waals surface area contributed by atoms with Crippen LogP contribution in [0.1, 0.15) is 39.0 Å². The Kier molecular flexibility index (Phi) is 7.60. The van der Waals surface area contributed by atoms with Crippen molar-refractivity contribution in [2.45, 2.75) is 49.4 Å². The third kappa shape index (κ3) is 5.58. The predicted molar refractivity (Wildman–Crippen MR) is 129 cm³/mol.